The molecule has 0 unspecified atom stereocenters. The van der Waals surface area contributed by atoms with Crippen molar-refractivity contribution in [2.45, 2.75) is 12.1 Å². The van der Waals surface area contributed by atoms with Crippen LogP contribution in [0.1, 0.15) is 11.1 Å². The van der Waals surface area contributed by atoms with Crippen molar-refractivity contribution in [1.82, 2.24) is 20.2 Å². The number of hydrogen-bond acceptors (Lipinski definition) is 8. The number of nitrogens with zero attached hydrogens (tertiary/aromatic N) is 4. The summed E-state index contributed by atoms with van der Waals surface area (Å²) in [7, 11) is 3.07. The van der Waals surface area contributed by atoms with Crippen LogP contribution in [-0.4, -0.2) is 52.0 Å². The Kier molecular flexibility index (Phi) is 8.47. The fourth-order valence-corrected chi connectivity index (χ4v) is 4.59. The number of halogens is 1. The summed E-state index contributed by atoms with van der Waals surface area (Å²) in [4.78, 5) is 12.5. The molecule has 0 aliphatic rings. The molecular weight excluding hydrogens is 558 g/mol. The molecule has 0 saturated carbocycles. The van der Waals surface area contributed by atoms with Crippen molar-refractivity contribution in [3.63, 3.8) is 0 Å². The quantitative estimate of drug-likeness (QED) is 0.163. The van der Waals surface area contributed by atoms with E-state index in [2.05, 4.69) is 36.7 Å². The van der Waals surface area contributed by atoms with Crippen molar-refractivity contribution in [3.05, 3.63) is 76.3 Å². The third kappa shape index (κ3) is 6.30. The Morgan fingerprint density at radius 1 is 1.11 bits per heavy atom. The summed E-state index contributed by atoms with van der Waals surface area (Å²) < 4.78 is 12.8. The Morgan fingerprint density at radius 2 is 1.84 bits per heavy atom. The van der Waals surface area contributed by atoms with E-state index in [-0.39, 0.29) is 17.4 Å². The molecule has 4 rings (SSSR count). The van der Waals surface area contributed by atoms with Gasteiger partial charge in [-0.15, -0.1) is 10.2 Å². The monoisotopic (exact) mass is 581 g/mol. The average molecular weight is 582 g/mol. The lowest BCUT2D eigenvalue weighted by molar-refractivity contribution is -0.118. The molecule has 2 N–H and O–H groups in total. The fourth-order valence-electron chi connectivity index (χ4n) is 3.38. The van der Waals surface area contributed by atoms with Gasteiger partial charge < -0.3 is 14.6 Å². The largest absolute Gasteiger partial charge is 0.503 e. The van der Waals surface area contributed by atoms with Gasteiger partial charge in [0.25, 0.3) is 5.91 Å². The fraction of sp³-hybridized carbons (Fsp3) is 0.154. The van der Waals surface area contributed by atoms with Crippen molar-refractivity contribution in [3.8, 4) is 34.3 Å². The Bertz CT molecular complexity index is 1420. The van der Waals surface area contributed by atoms with Gasteiger partial charge in [-0.2, -0.15) is 5.10 Å². The van der Waals surface area contributed by atoms with Crippen molar-refractivity contribution in [2.75, 3.05) is 20.0 Å². The van der Waals surface area contributed by atoms with Gasteiger partial charge in [0.15, 0.2) is 22.5 Å². The number of carbonyl (C=O) groups is 1. The SMILES string of the molecule is COc1ccc(-n2c(SCC(=O)N/N=C/c3cc(Br)c(O)c(OC)c3)nnc2-c2ccc(C)cc2)cc1. The van der Waals surface area contributed by atoms with Crippen LogP contribution < -0.4 is 14.9 Å². The summed E-state index contributed by atoms with van der Waals surface area (Å²) in [5, 5.41) is 23.3. The number of carbonyl (C=O) groups excluding carboxylic acids is 1. The first kappa shape index (κ1) is 26.2. The Labute approximate surface area is 226 Å². The molecule has 0 radical (unpaired) electrons. The highest BCUT2D eigenvalue weighted by Gasteiger charge is 2.17. The van der Waals surface area contributed by atoms with Crippen LogP contribution in [0.5, 0.6) is 17.2 Å². The molecule has 11 heteroatoms. The van der Waals surface area contributed by atoms with Crippen LogP contribution in [0.3, 0.4) is 0 Å². The summed E-state index contributed by atoms with van der Waals surface area (Å²) in [6.45, 7) is 2.03. The number of rotatable bonds is 9. The number of aryl methyl sites for hydroxylation is 1. The Morgan fingerprint density at radius 3 is 2.51 bits per heavy atom. The van der Waals surface area contributed by atoms with E-state index in [4.69, 9.17) is 9.47 Å². The molecular formula is C26H24BrN5O4S. The van der Waals surface area contributed by atoms with Gasteiger partial charge in [-0.05, 0) is 64.8 Å². The number of phenols is 1. The average Bonchev–Trinajstić information content (AvgIpc) is 3.33. The van der Waals surface area contributed by atoms with Gasteiger partial charge in [-0.3, -0.25) is 9.36 Å². The maximum absolute atomic E-state index is 12.5. The number of hydrogen-bond donors (Lipinski definition) is 2. The minimum absolute atomic E-state index is 0.00827. The predicted octanol–water partition coefficient (Wildman–Crippen LogP) is 4.97. The Hall–Kier alpha value is -3.83. The number of phenolic OH excluding ortho intramolecular Hbond substituents is 1. The van der Waals surface area contributed by atoms with Gasteiger partial charge in [0, 0.05) is 11.3 Å². The van der Waals surface area contributed by atoms with Gasteiger partial charge in [0.05, 0.1) is 30.7 Å². The van der Waals surface area contributed by atoms with Crippen LogP contribution in [0.2, 0.25) is 0 Å². The third-order valence-corrected chi connectivity index (χ3v) is 6.81. The van der Waals surface area contributed by atoms with Gasteiger partial charge in [-0.1, -0.05) is 41.6 Å². The molecule has 0 spiro atoms. The molecule has 190 valence electrons. The van der Waals surface area contributed by atoms with E-state index in [1.807, 2.05) is 60.0 Å². The number of ether oxygens (including phenoxy) is 2. The summed E-state index contributed by atoms with van der Waals surface area (Å²) >= 11 is 4.51. The van der Waals surface area contributed by atoms with Crippen LogP contribution >= 0.6 is 27.7 Å². The third-order valence-electron chi connectivity index (χ3n) is 5.28. The maximum atomic E-state index is 12.5. The molecule has 4 aromatic rings. The van der Waals surface area contributed by atoms with Crippen LogP contribution in [-0.2, 0) is 4.79 Å². The highest BCUT2D eigenvalue weighted by atomic mass is 79.9. The minimum atomic E-state index is -0.313. The first-order valence-electron chi connectivity index (χ1n) is 11.1. The second-order valence-electron chi connectivity index (χ2n) is 7.84. The summed E-state index contributed by atoms with van der Waals surface area (Å²) in [6, 6.07) is 18.8. The van der Waals surface area contributed by atoms with E-state index in [1.165, 1.54) is 25.1 Å². The lowest BCUT2D eigenvalue weighted by atomic mass is 10.1. The van der Waals surface area contributed by atoms with Crippen molar-refractivity contribution >= 4 is 39.8 Å². The molecule has 9 nitrogen and oxygen atoms in total. The molecule has 0 bridgehead atoms. The van der Waals surface area contributed by atoms with Crippen molar-refractivity contribution in [2.24, 2.45) is 5.10 Å². The number of methoxy groups -OCH3 is 2. The first-order chi connectivity index (χ1) is 17.9. The highest BCUT2D eigenvalue weighted by molar-refractivity contribution is 9.10. The van der Waals surface area contributed by atoms with Gasteiger partial charge >= 0.3 is 0 Å². The normalized spacial score (nSPS) is 11.0. The molecule has 0 aliphatic heterocycles. The van der Waals surface area contributed by atoms with Crippen LogP contribution in [0.4, 0.5) is 0 Å². The molecule has 0 fully saturated rings. The predicted molar refractivity (Wildman–Crippen MR) is 147 cm³/mol. The van der Waals surface area contributed by atoms with Crippen molar-refractivity contribution < 1.29 is 19.4 Å². The van der Waals surface area contributed by atoms with Crippen LogP contribution in [0.25, 0.3) is 17.1 Å². The van der Waals surface area contributed by atoms with E-state index >= 15 is 0 Å². The summed E-state index contributed by atoms with van der Waals surface area (Å²) in [6.07, 6.45) is 1.46. The second-order valence-corrected chi connectivity index (χ2v) is 9.64. The molecule has 1 heterocycles. The number of aromatic nitrogens is 3. The molecule has 1 amide bonds. The van der Waals surface area contributed by atoms with Crippen LogP contribution in [0.15, 0.2) is 75.4 Å². The number of thioether (sulfide) groups is 1. The zero-order valence-corrected chi connectivity index (χ0v) is 22.7. The lowest BCUT2D eigenvalue weighted by Crippen LogP contribution is -2.20. The zero-order valence-electron chi connectivity index (χ0n) is 20.3. The van der Waals surface area contributed by atoms with Crippen molar-refractivity contribution in [1.29, 1.82) is 0 Å². The van der Waals surface area contributed by atoms with Gasteiger partial charge in [0.2, 0.25) is 0 Å². The van der Waals surface area contributed by atoms with E-state index < -0.39 is 0 Å². The number of hydrazone groups is 1. The van der Waals surface area contributed by atoms with Crippen LogP contribution in [0, 0.1) is 6.92 Å². The number of aromatic hydroxyl groups is 1. The maximum Gasteiger partial charge on any atom is 0.250 e. The zero-order chi connectivity index (χ0) is 26.4. The van der Waals surface area contributed by atoms with E-state index in [1.54, 1.807) is 19.2 Å². The molecule has 1 aromatic heterocycles. The van der Waals surface area contributed by atoms with Gasteiger partial charge in [0.1, 0.15) is 5.75 Å². The topological polar surface area (TPSA) is 111 Å². The summed E-state index contributed by atoms with van der Waals surface area (Å²) in [5.41, 5.74) is 6.04. The highest BCUT2D eigenvalue weighted by Crippen LogP contribution is 2.34. The Balaban J connectivity index is 1.50. The van der Waals surface area contributed by atoms with E-state index in [0.29, 0.717) is 26.8 Å². The molecule has 37 heavy (non-hydrogen) atoms. The number of benzene rings is 3. The minimum Gasteiger partial charge on any atom is -0.503 e. The van der Waals surface area contributed by atoms with E-state index in [0.717, 1.165) is 22.6 Å². The number of amides is 1. The van der Waals surface area contributed by atoms with E-state index in [9.17, 15) is 9.90 Å². The molecule has 0 atom stereocenters. The first-order valence-corrected chi connectivity index (χ1v) is 12.9. The molecule has 0 aliphatic carbocycles. The number of nitrogens with one attached hydrogen (secondary N) is 1. The molecule has 3 aromatic carbocycles. The lowest BCUT2D eigenvalue weighted by Gasteiger charge is -2.11. The second kappa shape index (κ2) is 11.9. The molecule has 0 saturated heterocycles. The smallest absolute Gasteiger partial charge is 0.250 e. The standard InChI is InChI=1S/C26H24BrN5O4S/c1-16-4-6-18(7-5-16)25-30-31-26(32(25)19-8-10-20(35-2)11-9-19)37-15-23(33)29-28-14-17-12-21(27)24(34)22(13-17)36-3/h4-14,34H,15H2,1-3H3,(H,29,33)/b28-14+. The van der Waals surface area contributed by atoms with Gasteiger partial charge in [-0.25, -0.2) is 5.43 Å². The summed E-state index contributed by atoms with van der Waals surface area (Å²) in [5.74, 6) is 1.44.